The Kier molecular flexibility index (Phi) is 8.78. The molecule has 4 N–H and O–H groups in total. The highest BCUT2D eigenvalue weighted by Crippen LogP contribution is 2.31. The summed E-state index contributed by atoms with van der Waals surface area (Å²) < 4.78 is 32.3. The number of piperidine rings is 1. The van der Waals surface area contributed by atoms with E-state index < -0.39 is 10.0 Å². The molecule has 0 atom stereocenters. The van der Waals surface area contributed by atoms with E-state index >= 15 is 0 Å². The van der Waals surface area contributed by atoms with Crippen LogP contribution in [0, 0.1) is 27.3 Å². The first kappa shape index (κ1) is 25.8. The molecule has 0 saturated carbocycles. The van der Waals surface area contributed by atoms with Crippen molar-refractivity contribution in [2.75, 3.05) is 52.2 Å². The number of rotatable bonds is 3. The van der Waals surface area contributed by atoms with E-state index in [0.717, 1.165) is 32.5 Å². The highest BCUT2D eigenvalue weighted by molar-refractivity contribution is 7.89. The summed E-state index contributed by atoms with van der Waals surface area (Å²) in [5, 5.41) is 18.9. The Balaban J connectivity index is 0.000000396. The fraction of sp³-hybridized carbons (Fsp3) is 0.435. The maximum Gasteiger partial charge on any atom is 0.243 e. The molecular weight excluding hydrogens is 472 g/mol. The fourth-order valence-electron chi connectivity index (χ4n) is 3.90. The lowest BCUT2D eigenvalue weighted by Crippen LogP contribution is -3.11. The van der Waals surface area contributed by atoms with Gasteiger partial charge in [-0.25, -0.2) is 8.42 Å². The molecule has 0 aliphatic carbocycles. The van der Waals surface area contributed by atoms with E-state index in [2.05, 4.69) is 12.0 Å². The van der Waals surface area contributed by atoms with E-state index in [9.17, 15) is 18.9 Å². The molecule has 2 saturated heterocycles. The molecule has 0 unspecified atom stereocenters. The summed E-state index contributed by atoms with van der Waals surface area (Å²) >= 11 is 5.13. The number of morpholine rings is 1. The van der Waals surface area contributed by atoms with E-state index in [1.807, 2.05) is 12.1 Å². The summed E-state index contributed by atoms with van der Waals surface area (Å²) in [5.74, 6) is 0.0708. The zero-order valence-electron chi connectivity index (χ0n) is 19.1. The second-order valence-electron chi connectivity index (χ2n) is 8.28. The van der Waals surface area contributed by atoms with Crippen LogP contribution < -0.4 is 10.6 Å². The Labute approximate surface area is 205 Å². The number of ether oxygens (including phenoxy) is 1. The standard InChI is InChI=1S/C18H17N5O2S2.C5H11NO/c19-10-14-16(15(11-20)18(26)22-17(14)21)12-4-6-13(7-5-12)27(24,25)23-8-2-1-3-9-23;1-6-2-4-7-5-3-6/h4-7H,1-3,8-9H2,(H3,21,22,26);2-5H2,1H3/p+1. The summed E-state index contributed by atoms with van der Waals surface area (Å²) in [6, 6.07) is 10.1. The lowest BCUT2D eigenvalue weighted by Gasteiger charge is -2.25. The summed E-state index contributed by atoms with van der Waals surface area (Å²) in [6.45, 7) is 5.30. The maximum atomic E-state index is 12.8. The van der Waals surface area contributed by atoms with Crippen LogP contribution in [-0.2, 0) is 14.8 Å². The van der Waals surface area contributed by atoms with E-state index in [1.165, 1.54) is 29.5 Å². The number of nitriles is 2. The number of pyridine rings is 1. The number of aromatic nitrogens is 1. The molecule has 3 heterocycles. The largest absolute Gasteiger partial charge is 0.384 e. The molecule has 9 nitrogen and oxygen atoms in total. The average molecular weight is 502 g/mol. The quantitative estimate of drug-likeness (QED) is 0.541. The molecule has 180 valence electrons. The number of likely N-dealkylation sites (N-methyl/N-ethyl adjacent to an activating group) is 1. The highest BCUT2D eigenvalue weighted by Gasteiger charge is 2.26. The van der Waals surface area contributed by atoms with Crippen molar-refractivity contribution < 1.29 is 18.1 Å². The zero-order valence-corrected chi connectivity index (χ0v) is 20.8. The van der Waals surface area contributed by atoms with Gasteiger partial charge in [-0.2, -0.15) is 14.8 Å². The fourth-order valence-corrected chi connectivity index (χ4v) is 5.67. The average Bonchev–Trinajstić information content (AvgIpc) is 2.85. The number of anilines is 1. The first-order chi connectivity index (χ1) is 16.3. The van der Waals surface area contributed by atoms with Crippen LogP contribution in [0.25, 0.3) is 11.1 Å². The van der Waals surface area contributed by atoms with Crippen molar-refractivity contribution in [2.24, 2.45) is 0 Å². The Morgan fingerprint density at radius 2 is 1.65 bits per heavy atom. The molecule has 4 rings (SSSR count). The highest BCUT2D eigenvalue weighted by atomic mass is 32.2. The third-order valence-corrected chi connectivity index (χ3v) is 8.13. The van der Waals surface area contributed by atoms with Gasteiger partial charge in [0, 0.05) is 18.7 Å². The SMILES string of the molecule is C[NH+]1CCOCC1.N#Cc1c(N)[nH]c(=S)c(C#N)c1-c1ccc(S(=O)(=O)N2CCCCC2)cc1. The Bertz CT molecular complexity index is 1250. The molecule has 2 aliphatic rings. The number of quaternary nitrogens is 1. The number of benzene rings is 1. The van der Waals surface area contributed by atoms with Crippen LogP contribution in [0.15, 0.2) is 29.2 Å². The Morgan fingerprint density at radius 3 is 2.15 bits per heavy atom. The number of nitrogen functional groups attached to an aromatic ring is 1. The lowest BCUT2D eigenvalue weighted by atomic mass is 9.97. The number of hydrogen-bond donors (Lipinski definition) is 3. The van der Waals surface area contributed by atoms with Crippen molar-refractivity contribution >= 4 is 28.1 Å². The number of sulfonamides is 1. The molecule has 34 heavy (non-hydrogen) atoms. The predicted octanol–water partition coefficient (Wildman–Crippen LogP) is 1.44. The number of aromatic amines is 1. The topological polar surface area (TPSA) is 140 Å². The van der Waals surface area contributed by atoms with Crippen molar-refractivity contribution in [3.05, 3.63) is 40.0 Å². The van der Waals surface area contributed by atoms with Crippen molar-refractivity contribution in [2.45, 2.75) is 24.2 Å². The van der Waals surface area contributed by atoms with E-state index in [1.54, 1.807) is 17.0 Å². The van der Waals surface area contributed by atoms with Gasteiger partial charge in [-0.15, -0.1) is 0 Å². The van der Waals surface area contributed by atoms with Gasteiger partial charge in [0.15, 0.2) is 0 Å². The lowest BCUT2D eigenvalue weighted by molar-refractivity contribution is -0.888. The van der Waals surface area contributed by atoms with Gasteiger partial charge in [-0.05, 0) is 30.5 Å². The van der Waals surface area contributed by atoms with Gasteiger partial charge in [0.1, 0.15) is 41.2 Å². The molecule has 0 bridgehead atoms. The van der Waals surface area contributed by atoms with Crippen LogP contribution in [0.2, 0.25) is 0 Å². The van der Waals surface area contributed by atoms with Gasteiger partial charge in [0.25, 0.3) is 0 Å². The van der Waals surface area contributed by atoms with Gasteiger partial charge in [-0.1, -0.05) is 30.8 Å². The molecular formula is C23H29N6O3S2+. The normalized spacial score (nSPS) is 17.1. The van der Waals surface area contributed by atoms with Crippen molar-refractivity contribution in [1.29, 1.82) is 10.5 Å². The minimum absolute atomic E-state index is 0.0708. The molecule has 11 heteroatoms. The van der Waals surface area contributed by atoms with Crippen LogP contribution >= 0.6 is 12.2 Å². The first-order valence-electron chi connectivity index (χ1n) is 11.1. The summed E-state index contributed by atoms with van der Waals surface area (Å²) in [7, 11) is -1.36. The minimum atomic E-state index is -3.56. The Morgan fingerprint density at radius 1 is 1.06 bits per heavy atom. The molecule has 2 aromatic rings. The zero-order chi connectivity index (χ0) is 24.7. The number of nitrogens with two attached hydrogens (primary N) is 1. The predicted molar refractivity (Wildman–Crippen MR) is 131 cm³/mol. The first-order valence-corrected chi connectivity index (χ1v) is 13.0. The van der Waals surface area contributed by atoms with Crippen LogP contribution in [-0.4, -0.2) is 64.1 Å². The van der Waals surface area contributed by atoms with Gasteiger partial charge in [0.05, 0.1) is 30.7 Å². The molecule has 2 fully saturated rings. The summed E-state index contributed by atoms with van der Waals surface area (Å²) in [4.78, 5) is 4.41. The van der Waals surface area contributed by atoms with Gasteiger partial charge >= 0.3 is 0 Å². The maximum absolute atomic E-state index is 12.8. The molecule has 2 aliphatic heterocycles. The van der Waals surface area contributed by atoms with Crippen molar-refractivity contribution in [1.82, 2.24) is 9.29 Å². The van der Waals surface area contributed by atoms with Gasteiger partial charge in [0.2, 0.25) is 10.0 Å². The molecule has 0 amide bonds. The smallest absolute Gasteiger partial charge is 0.243 e. The summed E-state index contributed by atoms with van der Waals surface area (Å²) in [5.41, 5.74) is 6.88. The second kappa shape index (κ2) is 11.6. The second-order valence-corrected chi connectivity index (χ2v) is 10.6. The molecule has 0 radical (unpaired) electrons. The molecule has 1 aromatic heterocycles. The third-order valence-electron chi connectivity index (χ3n) is 5.91. The van der Waals surface area contributed by atoms with E-state index in [-0.39, 0.29) is 26.5 Å². The number of nitrogens with one attached hydrogen (secondary N) is 2. The van der Waals surface area contributed by atoms with Crippen LogP contribution in [0.1, 0.15) is 30.4 Å². The number of H-pyrrole nitrogens is 1. The molecule has 1 aromatic carbocycles. The minimum Gasteiger partial charge on any atom is -0.384 e. The van der Waals surface area contributed by atoms with Crippen LogP contribution in [0.3, 0.4) is 0 Å². The van der Waals surface area contributed by atoms with E-state index in [0.29, 0.717) is 24.2 Å². The van der Waals surface area contributed by atoms with Crippen molar-refractivity contribution in [3.63, 3.8) is 0 Å². The van der Waals surface area contributed by atoms with Gasteiger partial charge < -0.3 is 20.4 Å². The van der Waals surface area contributed by atoms with Crippen LogP contribution in [0.4, 0.5) is 5.82 Å². The number of nitrogens with zero attached hydrogens (tertiary/aromatic N) is 3. The van der Waals surface area contributed by atoms with E-state index in [4.69, 9.17) is 22.7 Å². The molecule has 0 spiro atoms. The Hall–Kier alpha value is -2.80. The van der Waals surface area contributed by atoms with Crippen LogP contribution in [0.5, 0.6) is 0 Å². The summed E-state index contributed by atoms with van der Waals surface area (Å²) in [6.07, 6.45) is 2.75. The monoisotopic (exact) mass is 501 g/mol. The third kappa shape index (κ3) is 5.81. The van der Waals surface area contributed by atoms with Crippen molar-refractivity contribution in [3.8, 4) is 23.3 Å². The van der Waals surface area contributed by atoms with Gasteiger partial charge in [-0.3, -0.25) is 0 Å². The number of hydrogen-bond acceptors (Lipinski definition) is 7.